The fourth-order valence-corrected chi connectivity index (χ4v) is 4.69. The van der Waals surface area contributed by atoms with Gasteiger partial charge in [-0.2, -0.15) is 0 Å². The largest absolute Gasteiger partial charge is 0.394 e. The molecule has 5 rings (SSSR count). The second-order valence-corrected chi connectivity index (χ2v) is 8.88. The molecule has 3 aromatic heterocycles. The van der Waals surface area contributed by atoms with Crippen molar-refractivity contribution in [3.05, 3.63) is 36.9 Å². The number of anilines is 1. The third kappa shape index (κ3) is 4.22. The van der Waals surface area contributed by atoms with Gasteiger partial charge >= 0.3 is 0 Å². The fraction of sp³-hybridized carbons (Fsp3) is 0.522. The molecule has 0 amide bonds. The second kappa shape index (κ2) is 9.82. The summed E-state index contributed by atoms with van der Waals surface area (Å²) in [5.41, 5.74) is 2.65. The van der Waals surface area contributed by atoms with E-state index >= 15 is 0 Å². The van der Waals surface area contributed by atoms with E-state index in [0.29, 0.717) is 22.9 Å². The Labute approximate surface area is 201 Å². The van der Waals surface area contributed by atoms with Crippen LogP contribution >= 0.6 is 0 Å². The third-order valence-corrected chi connectivity index (χ3v) is 6.84. The zero-order chi connectivity index (χ0) is 24.5. The van der Waals surface area contributed by atoms with Gasteiger partial charge in [-0.1, -0.05) is 44.0 Å². The summed E-state index contributed by atoms with van der Waals surface area (Å²) in [5.74, 6) is 0.973. The number of para-hydroxylation sites is 1. The summed E-state index contributed by atoms with van der Waals surface area (Å²) in [6.45, 7) is 3.94. The monoisotopic (exact) mass is 482 g/mol. The van der Waals surface area contributed by atoms with E-state index in [2.05, 4.69) is 44.4 Å². The standard InChI is InChI=1S/C23H30N8O4/c1-3-13(4-2)9-17(31-15-8-6-5-7-14(15)28-29-31)27-21-18-22(25-11-24-21)30(12-26-18)23-20(34)19(33)16(10-32)35-23/h5-8,11-13,16-17,19-20,23,32-34H,3-4,9-10H2,1-2H3,(H,24,25,27)/t16-,17?,19-,20-,23-/m1/s1. The van der Waals surface area contributed by atoms with Crippen molar-refractivity contribution >= 4 is 28.0 Å². The van der Waals surface area contributed by atoms with Gasteiger partial charge in [0.15, 0.2) is 23.2 Å². The summed E-state index contributed by atoms with van der Waals surface area (Å²) in [6.07, 6.45) is 1.26. The first-order chi connectivity index (χ1) is 17.0. The highest BCUT2D eigenvalue weighted by Crippen LogP contribution is 2.33. The Balaban J connectivity index is 1.51. The lowest BCUT2D eigenvalue weighted by Crippen LogP contribution is -2.33. The molecule has 12 nitrogen and oxygen atoms in total. The van der Waals surface area contributed by atoms with Crippen molar-refractivity contribution in [1.82, 2.24) is 34.5 Å². The van der Waals surface area contributed by atoms with Crippen LogP contribution in [0.15, 0.2) is 36.9 Å². The van der Waals surface area contributed by atoms with Gasteiger partial charge in [0.2, 0.25) is 0 Å². The SMILES string of the molecule is CCC(CC)CC(Nc1ncnc2c1ncn2[C@@H]1O[C@H](CO)[C@@H](O)[C@H]1O)n1nnc2ccccc21. The van der Waals surface area contributed by atoms with Gasteiger partial charge in [0.1, 0.15) is 36.3 Å². The molecular formula is C23H30N8O4. The van der Waals surface area contributed by atoms with E-state index in [0.717, 1.165) is 30.3 Å². The summed E-state index contributed by atoms with van der Waals surface area (Å²) < 4.78 is 9.09. The molecule has 1 aliphatic heterocycles. The smallest absolute Gasteiger partial charge is 0.167 e. The average Bonchev–Trinajstić information content (AvgIpc) is 3.58. The van der Waals surface area contributed by atoms with Gasteiger partial charge in [-0.25, -0.2) is 19.6 Å². The normalized spacial score (nSPS) is 23.5. The van der Waals surface area contributed by atoms with Gasteiger partial charge in [0.05, 0.1) is 18.5 Å². The van der Waals surface area contributed by atoms with Crippen molar-refractivity contribution in [3.63, 3.8) is 0 Å². The Kier molecular flexibility index (Phi) is 6.60. The lowest BCUT2D eigenvalue weighted by Gasteiger charge is -2.24. The van der Waals surface area contributed by atoms with E-state index in [1.54, 1.807) is 4.57 Å². The van der Waals surface area contributed by atoms with Crippen LogP contribution in [0.4, 0.5) is 5.82 Å². The van der Waals surface area contributed by atoms with Crippen molar-refractivity contribution in [2.75, 3.05) is 11.9 Å². The highest BCUT2D eigenvalue weighted by Gasteiger charge is 2.44. The Bertz CT molecular complexity index is 1290. The molecule has 12 heteroatoms. The second-order valence-electron chi connectivity index (χ2n) is 8.88. The minimum atomic E-state index is -1.24. The number of hydrogen-bond donors (Lipinski definition) is 4. The molecule has 0 aliphatic carbocycles. The first kappa shape index (κ1) is 23.5. The van der Waals surface area contributed by atoms with Crippen LogP contribution in [-0.2, 0) is 4.74 Å². The van der Waals surface area contributed by atoms with Crippen molar-refractivity contribution in [1.29, 1.82) is 0 Å². The number of nitrogens with zero attached hydrogens (tertiary/aromatic N) is 7. The number of aliphatic hydroxyl groups excluding tert-OH is 3. The van der Waals surface area contributed by atoms with E-state index in [1.807, 2.05) is 28.9 Å². The van der Waals surface area contributed by atoms with E-state index < -0.39 is 31.1 Å². The first-order valence-electron chi connectivity index (χ1n) is 11.9. The van der Waals surface area contributed by atoms with Gasteiger partial charge in [0, 0.05) is 0 Å². The topological polar surface area (TPSA) is 156 Å². The molecule has 4 N–H and O–H groups in total. The molecule has 0 radical (unpaired) electrons. The maximum absolute atomic E-state index is 10.5. The predicted molar refractivity (Wildman–Crippen MR) is 127 cm³/mol. The van der Waals surface area contributed by atoms with Crippen LogP contribution in [0.25, 0.3) is 22.2 Å². The van der Waals surface area contributed by atoms with Gasteiger partial charge in [-0.3, -0.25) is 4.57 Å². The Hall–Kier alpha value is -3.19. The van der Waals surface area contributed by atoms with Crippen LogP contribution in [0.1, 0.15) is 45.5 Å². The zero-order valence-corrected chi connectivity index (χ0v) is 19.6. The third-order valence-electron chi connectivity index (χ3n) is 6.84. The fourth-order valence-electron chi connectivity index (χ4n) is 4.69. The summed E-state index contributed by atoms with van der Waals surface area (Å²) in [7, 11) is 0. The van der Waals surface area contributed by atoms with E-state index in [9.17, 15) is 15.3 Å². The minimum absolute atomic E-state index is 0.232. The highest BCUT2D eigenvalue weighted by molar-refractivity contribution is 5.83. The van der Waals surface area contributed by atoms with Crippen LogP contribution in [0.2, 0.25) is 0 Å². The lowest BCUT2D eigenvalue weighted by atomic mass is 9.97. The molecule has 1 aliphatic rings. The summed E-state index contributed by atoms with van der Waals surface area (Å²) in [4.78, 5) is 13.3. The summed E-state index contributed by atoms with van der Waals surface area (Å²) >= 11 is 0. The van der Waals surface area contributed by atoms with Crippen LogP contribution in [0, 0.1) is 5.92 Å². The zero-order valence-electron chi connectivity index (χ0n) is 19.6. The van der Waals surface area contributed by atoms with E-state index in [1.165, 1.54) is 12.7 Å². The van der Waals surface area contributed by atoms with Gasteiger partial charge in [-0.15, -0.1) is 5.10 Å². The van der Waals surface area contributed by atoms with Crippen molar-refractivity contribution < 1.29 is 20.1 Å². The molecule has 0 saturated carbocycles. The molecule has 35 heavy (non-hydrogen) atoms. The van der Waals surface area contributed by atoms with E-state index in [-0.39, 0.29) is 6.17 Å². The van der Waals surface area contributed by atoms with Crippen molar-refractivity contribution in [3.8, 4) is 0 Å². The molecular weight excluding hydrogens is 452 g/mol. The molecule has 1 unspecified atom stereocenters. The number of hydrogen-bond acceptors (Lipinski definition) is 10. The number of rotatable bonds is 9. The molecule has 4 heterocycles. The Morgan fingerprint density at radius 3 is 2.63 bits per heavy atom. The van der Waals surface area contributed by atoms with Gasteiger partial charge < -0.3 is 25.4 Å². The van der Waals surface area contributed by atoms with E-state index in [4.69, 9.17) is 4.74 Å². The Morgan fingerprint density at radius 2 is 1.89 bits per heavy atom. The number of imidazole rings is 1. The predicted octanol–water partition coefficient (Wildman–Crippen LogP) is 1.62. The molecule has 1 aromatic carbocycles. The molecule has 5 atom stereocenters. The van der Waals surface area contributed by atoms with Crippen LogP contribution < -0.4 is 5.32 Å². The molecule has 4 aromatic rings. The lowest BCUT2D eigenvalue weighted by molar-refractivity contribution is -0.0511. The highest BCUT2D eigenvalue weighted by atomic mass is 16.6. The molecule has 1 saturated heterocycles. The number of benzene rings is 1. The van der Waals surface area contributed by atoms with Crippen LogP contribution in [-0.4, -0.2) is 74.8 Å². The number of aliphatic hydroxyl groups is 3. The summed E-state index contributed by atoms with van der Waals surface area (Å²) in [5, 5.41) is 42.3. The quantitative estimate of drug-likeness (QED) is 0.276. The number of nitrogens with one attached hydrogen (secondary N) is 1. The molecule has 0 spiro atoms. The van der Waals surface area contributed by atoms with Crippen molar-refractivity contribution in [2.24, 2.45) is 5.92 Å². The van der Waals surface area contributed by atoms with Crippen LogP contribution in [0.5, 0.6) is 0 Å². The maximum Gasteiger partial charge on any atom is 0.167 e. The molecule has 0 bridgehead atoms. The van der Waals surface area contributed by atoms with Crippen LogP contribution in [0.3, 0.4) is 0 Å². The Morgan fingerprint density at radius 1 is 1.09 bits per heavy atom. The number of aromatic nitrogens is 7. The summed E-state index contributed by atoms with van der Waals surface area (Å²) in [6, 6.07) is 7.81. The minimum Gasteiger partial charge on any atom is -0.394 e. The van der Waals surface area contributed by atoms with Crippen molar-refractivity contribution in [2.45, 2.75) is 63.8 Å². The maximum atomic E-state index is 10.5. The first-order valence-corrected chi connectivity index (χ1v) is 11.9. The van der Waals surface area contributed by atoms with Gasteiger partial charge in [-0.05, 0) is 24.5 Å². The molecule has 1 fully saturated rings. The molecule has 186 valence electrons. The van der Waals surface area contributed by atoms with Gasteiger partial charge in [0.25, 0.3) is 0 Å². The average molecular weight is 483 g/mol. The number of ether oxygens (including phenoxy) is 1. The number of fused-ring (bicyclic) bond motifs is 2.